The summed E-state index contributed by atoms with van der Waals surface area (Å²) >= 11 is 0. The summed E-state index contributed by atoms with van der Waals surface area (Å²) in [5.41, 5.74) is 11.0. The minimum Gasteiger partial charge on any atom is -0.466 e. The number of aromatic amines is 2. The molecule has 14 aliphatic rings. The number of hydrogen-bond donors (Lipinski definition) is 2. The molecule has 0 spiro atoms. The first kappa shape index (κ1) is 50.8. The molecule has 16 bridgehead atoms. The molecular weight excluding hydrogens is 1030 g/mol. The summed E-state index contributed by atoms with van der Waals surface area (Å²) < 4.78 is 43.1. The number of nitrogens with zero attached hydrogens (tertiary/aromatic N) is 2. The molecule has 3 aromatic rings. The third-order valence-corrected chi connectivity index (χ3v) is 18.5. The number of aromatic nitrogens is 4. The standard InChI is InChI=1S/C60H54N4O16/c1-73-53(65)45-21-9-10-22(46(45)54(66)74-2)38-30-18-32-40-24-13-14-26(50(58(70)78-6)48(24)56(68)76-4)42(40)34(63-32)20-36-44-28-16-15-27(51(59(71)79-7)52(28)60(72)80-8)43(44)35(64-36)19-33-41-25-12-11-23(47(55(67)75-3)49(25)57(69)77-5)39(41)31(62-33)17-29(61-30)37(21)38/h17-28,61-62H,9-16H2,1-8H3. The Labute approximate surface area is 456 Å². The van der Waals surface area contributed by atoms with Crippen molar-refractivity contribution in [3.05, 3.63) is 114 Å². The topological polar surface area (TPSA) is 268 Å². The van der Waals surface area contributed by atoms with Gasteiger partial charge in [0.25, 0.3) is 0 Å². The third kappa shape index (κ3) is 6.73. The number of rotatable bonds is 8. The molecular formula is C60H54N4O16. The van der Waals surface area contributed by atoms with E-state index < -0.39 is 95.1 Å². The third-order valence-electron chi connectivity index (χ3n) is 18.5. The van der Waals surface area contributed by atoms with Crippen molar-refractivity contribution < 1.29 is 76.3 Å². The molecule has 8 atom stereocenters. The van der Waals surface area contributed by atoms with Crippen LogP contribution in [0.3, 0.4) is 0 Å². The average Bonchev–Trinajstić information content (AvgIpc) is 4.35. The van der Waals surface area contributed by atoms with Gasteiger partial charge in [0.15, 0.2) is 0 Å². The molecule has 0 amide bonds. The molecule has 80 heavy (non-hydrogen) atoms. The van der Waals surface area contributed by atoms with Gasteiger partial charge >= 0.3 is 47.8 Å². The van der Waals surface area contributed by atoms with Crippen molar-refractivity contribution in [1.29, 1.82) is 0 Å². The molecule has 2 N–H and O–H groups in total. The van der Waals surface area contributed by atoms with Crippen molar-refractivity contribution in [2.24, 2.45) is 23.7 Å². The molecule has 12 aliphatic carbocycles. The lowest BCUT2D eigenvalue weighted by Gasteiger charge is -2.40. The van der Waals surface area contributed by atoms with E-state index in [1.165, 1.54) is 56.9 Å². The van der Waals surface area contributed by atoms with Gasteiger partial charge in [0.2, 0.25) is 0 Å². The number of H-pyrrole nitrogens is 2. The molecule has 8 unspecified atom stereocenters. The summed E-state index contributed by atoms with van der Waals surface area (Å²) in [5, 5.41) is 0. The molecule has 5 heterocycles. The van der Waals surface area contributed by atoms with E-state index in [9.17, 15) is 38.4 Å². The number of allylic oxidation sites excluding steroid dienone is 4. The Hall–Kier alpha value is -8.68. The van der Waals surface area contributed by atoms with Gasteiger partial charge in [0.1, 0.15) is 0 Å². The van der Waals surface area contributed by atoms with Gasteiger partial charge in [-0.15, -0.1) is 0 Å². The molecule has 3 aromatic heterocycles. The lowest BCUT2D eigenvalue weighted by atomic mass is 9.62. The van der Waals surface area contributed by atoms with Crippen molar-refractivity contribution in [1.82, 2.24) is 19.9 Å². The van der Waals surface area contributed by atoms with Crippen LogP contribution in [0.4, 0.5) is 0 Å². The first-order chi connectivity index (χ1) is 38.7. The van der Waals surface area contributed by atoms with E-state index in [-0.39, 0.29) is 44.6 Å². The summed E-state index contributed by atoms with van der Waals surface area (Å²) in [6, 6.07) is 7.53. The molecule has 0 radical (unpaired) electrons. The molecule has 20 heteroatoms. The zero-order chi connectivity index (χ0) is 56.1. The second-order valence-electron chi connectivity index (χ2n) is 21.5. The Morgan fingerprint density at radius 3 is 0.713 bits per heavy atom. The lowest BCUT2D eigenvalue weighted by Crippen LogP contribution is -2.35. The van der Waals surface area contributed by atoms with Crippen molar-refractivity contribution in [3.8, 4) is 0 Å². The van der Waals surface area contributed by atoms with Crippen molar-refractivity contribution in [2.45, 2.75) is 75.0 Å². The van der Waals surface area contributed by atoms with E-state index in [0.717, 1.165) is 22.3 Å². The number of carbonyl (C=O) groups is 8. The van der Waals surface area contributed by atoms with Gasteiger partial charge in [-0.1, -0.05) is 0 Å². The second-order valence-corrected chi connectivity index (χ2v) is 21.5. The SMILES string of the molecule is COC(=O)C1=C(C(=O)OC)C2CCC1C1=C2c2cc3[nH]c(cc4[nH]c(cc5nc(cc1n2)C1=C5C2CCC1C(C(=O)OC)=C2C(=O)OC)c1c4C2CCC1C(C(=O)OC)=C2C(=O)OC)c1c3C2CCC1C(C(=O)OC)=C2C(=O)OC. The van der Waals surface area contributed by atoms with Crippen molar-refractivity contribution >= 4 is 92.1 Å². The normalized spacial score (nSPS) is 25.2. The molecule has 0 saturated carbocycles. The molecule has 2 aliphatic heterocycles. The van der Waals surface area contributed by atoms with Crippen LogP contribution in [-0.2, 0) is 76.3 Å². The zero-order valence-corrected chi connectivity index (χ0v) is 45.0. The molecule has 410 valence electrons. The lowest BCUT2D eigenvalue weighted by molar-refractivity contribution is -0.140. The van der Waals surface area contributed by atoms with E-state index in [0.29, 0.717) is 119 Å². The smallest absolute Gasteiger partial charge is 0.334 e. The van der Waals surface area contributed by atoms with Crippen molar-refractivity contribution in [3.63, 3.8) is 0 Å². The summed E-state index contributed by atoms with van der Waals surface area (Å²) in [7, 11) is 10.1. The van der Waals surface area contributed by atoms with E-state index in [1.807, 2.05) is 24.3 Å². The Morgan fingerprint density at radius 1 is 0.300 bits per heavy atom. The quantitative estimate of drug-likeness (QED) is 0.175. The minimum absolute atomic E-state index is 0.165. The highest BCUT2D eigenvalue weighted by Crippen LogP contribution is 2.62. The highest BCUT2D eigenvalue weighted by molar-refractivity contribution is 6.15. The molecule has 0 fully saturated rings. The van der Waals surface area contributed by atoms with Crippen LogP contribution in [0.15, 0.2) is 68.9 Å². The van der Waals surface area contributed by atoms with Gasteiger partial charge in [-0.25, -0.2) is 48.3 Å². The molecule has 17 rings (SSSR count). The van der Waals surface area contributed by atoms with Gasteiger partial charge in [-0.2, -0.15) is 0 Å². The van der Waals surface area contributed by atoms with Gasteiger partial charge < -0.3 is 47.9 Å². The largest absolute Gasteiger partial charge is 0.466 e. The van der Waals surface area contributed by atoms with Crippen LogP contribution in [0.25, 0.3) is 44.4 Å². The summed E-state index contributed by atoms with van der Waals surface area (Å²) in [5.74, 6) is -10.9. The van der Waals surface area contributed by atoms with Crippen LogP contribution in [0.5, 0.6) is 0 Å². The maximum atomic E-state index is 14.0. The van der Waals surface area contributed by atoms with Crippen LogP contribution in [0, 0.1) is 23.7 Å². The number of carbonyl (C=O) groups excluding carboxylic acids is 8. The van der Waals surface area contributed by atoms with E-state index in [4.69, 9.17) is 47.9 Å². The Kier molecular flexibility index (Phi) is 11.7. The summed E-state index contributed by atoms with van der Waals surface area (Å²) in [6.07, 6.45) is 3.70. The fourth-order valence-corrected chi connectivity index (χ4v) is 15.8. The Morgan fingerprint density at radius 2 is 0.487 bits per heavy atom. The van der Waals surface area contributed by atoms with Gasteiger partial charge in [0, 0.05) is 69.4 Å². The average molecular weight is 1090 g/mol. The number of fused-ring (bicyclic) bond motifs is 12. The predicted octanol–water partition coefficient (Wildman–Crippen LogP) is 6.74. The van der Waals surface area contributed by atoms with Crippen LogP contribution in [-0.4, -0.2) is 125 Å². The molecule has 0 saturated heterocycles. The number of esters is 8. The van der Waals surface area contributed by atoms with Crippen LogP contribution < -0.4 is 0 Å². The summed E-state index contributed by atoms with van der Waals surface area (Å²) in [4.78, 5) is 130. The number of methoxy groups -OCH3 is 8. The predicted molar refractivity (Wildman–Crippen MR) is 281 cm³/mol. The fraction of sp³-hybridized carbons (Fsp3) is 0.400. The molecule has 20 nitrogen and oxygen atoms in total. The van der Waals surface area contributed by atoms with Crippen molar-refractivity contribution in [2.75, 3.05) is 56.9 Å². The first-order valence-corrected chi connectivity index (χ1v) is 26.6. The van der Waals surface area contributed by atoms with Crippen LogP contribution >= 0.6 is 0 Å². The minimum atomic E-state index is -0.691. The second kappa shape index (κ2) is 18.5. The molecule has 0 aromatic carbocycles. The van der Waals surface area contributed by atoms with Gasteiger partial charge in [0.05, 0.1) is 124 Å². The van der Waals surface area contributed by atoms with E-state index in [2.05, 4.69) is 9.97 Å². The Balaban J connectivity index is 1.19. The fourth-order valence-electron chi connectivity index (χ4n) is 15.8. The monoisotopic (exact) mass is 1090 g/mol. The maximum absolute atomic E-state index is 14.0. The highest BCUT2D eigenvalue weighted by atomic mass is 16.5. The van der Waals surface area contributed by atoms with Crippen LogP contribution in [0.2, 0.25) is 0 Å². The number of nitrogens with one attached hydrogen (secondary N) is 2. The van der Waals surface area contributed by atoms with E-state index >= 15 is 0 Å². The highest BCUT2D eigenvalue weighted by Gasteiger charge is 2.54. The van der Waals surface area contributed by atoms with E-state index in [1.54, 1.807) is 0 Å². The zero-order valence-electron chi connectivity index (χ0n) is 45.0. The number of hydrogen-bond acceptors (Lipinski definition) is 18. The maximum Gasteiger partial charge on any atom is 0.334 e. The first-order valence-electron chi connectivity index (χ1n) is 26.6. The Bertz CT molecular complexity index is 3650. The van der Waals surface area contributed by atoms with Crippen LogP contribution in [0.1, 0.15) is 120 Å². The summed E-state index contributed by atoms with van der Waals surface area (Å²) in [6.45, 7) is 0. The van der Waals surface area contributed by atoms with Gasteiger partial charge in [-0.05, 0) is 120 Å². The van der Waals surface area contributed by atoms with Gasteiger partial charge in [-0.3, -0.25) is 0 Å². The number of ether oxygens (including phenoxy) is 8.